The first-order valence-electron chi connectivity index (χ1n) is 5.24. The lowest BCUT2D eigenvalue weighted by Gasteiger charge is -2.13. The Morgan fingerprint density at radius 3 is 2.56 bits per heavy atom. The highest BCUT2D eigenvalue weighted by molar-refractivity contribution is 8.00. The van der Waals surface area contributed by atoms with E-state index in [1.54, 1.807) is 12.1 Å². The third-order valence-electron chi connectivity index (χ3n) is 2.58. The standard InChI is InChI=1S/C12H14O3S/c1-15-12(14)11(8-2-3-8)16-10-6-4-9(13)5-7-10/h4-8,11,13H,2-3H2,1H3. The van der Waals surface area contributed by atoms with E-state index >= 15 is 0 Å². The summed E-state index contributed by atoms with van der Waals surface area (Å²) < 4.78 is 4.80. The minimum atomic E-state index is -0.152. The van der Waals surface area contributed by atoms with Crippen LogP contribution in [0, 0.1) is 5.92 Å². The van der Waals surface area contributed by atoms with E-state index in [1.165, 1.54) is 18.9 Å². The van der Waals surface area contributed by atoms with Crippen molar-refractivity contribution in [1.82, 2.24) is 0 Å². The molecule has 1 aliphatic carbocycles. The lowest BCUT2D eigenvalue weighted by molar-refractivity contribution is -0.140. The van der Waals surface area contributed by atoms with Gasteiger partial charge in [0.15, 0.2) is 0 Å². The molecular formula is C12H14O3S. The zero-order valence-corrected chi connectivity index (χ0v) is 9.87. The van der Waals surface area contributed by atoms with Gasteiger partial charge >= 0.3 is 5.97 Å². The van der Waals surface area contributed by atoms with Crippen molar-refractivity contribution < 1.29 is 14.6 Å². The van der Waals surface area contributed by atoms with Crippen LogP contribution in [0.2, 0.25) is 0 Å². The third-order valence-corrected chi connectivity index (χ3v) is 3.96. The van der Waals surface area contributed by atoms with E-state index in [1.807, 2.05) is 12.1 Å². The van der Waals surface area contributed by atoms with Crippen molar-refractivity contribution in [3.8, 4) is 5.75 Å². The molecule has 1 aliphatic rings. The van der Waals surface area contributed by atoms with E-state index in [2.05, 4.69) is 0 Å². The molecule has 3 nitrogen and oxygen atoms in total. The van der Waals surface area contributed by atoms with Crippen LogP contribution in [-0.2, 0) is 9.53 Å². The quantitative estimate of drug-likeness (QED) is 0.646. The summed E-state index contributed by atoms with van der Waals surface area (Å²) >= 11 is 1.52. The molecule has 2 rings (SSSR count). The number of hydrogen-bond donors (Lipinski definition) is 1. The first-order valence-corrected chi connectivity index (χ1v) is 6.12. The van der Waals surface area contributed by atoms with E-state index in [4.69, 9.17) is 9.84 Å². The van der Waals surface area contributed by atoms with E-state index < -0.39 is 0 Å². The molecule has 4 heteroatoms. The Labute approximate surface area is 98.8 Å². The number of aromatic hydroxyl groups is 1. The lowest BCUT2D eigenvalue weighted by atomic mass is 10.3. The molecule has 0 spiro atoms. The van der Waals surface area contributed by atoms with Gasteiger partial charge in [-0.2, -0.15) is 0 Å². The zero-order valence-electron chi connectivity index (χ0n) is 9.05. The van der Waals surface area contributed by atoms with Crippen LogP contribution < -0.4 is 0 Å². The van der Waals surface area contributed by atoms with Crippen molar-refractivity contribution >= 4 is 17.7 Å². The van der Waals surface area contributed by atoms with Crippen molar-refractivity contribution in [2.45, 2.75) is 23.0 Å². The smallest absolute Gasteiger partial charge is 0.319 e. The Kier molecular flexibility index (Phi) is 3.39. The fourth-order valence-corrected chi connectivity index (χ4v) is 2.77. The van der Waals surface area contributed by atoms with Crippen molar-refractivity contribution in [3.05, 3.63) is 24.3 Å². The van der Waals surface area contributed by atoms with Gasteiger partial charge in [0.2, 0.25) is 0 Å². The first kappa shape index (κ1) is 11.3. The number of carbonyl (C=O) groups excluding carboxylic acids is 1. The molecule has 0 heterocycles. The van der Waals surface area contributed by atoms with Crippen molar-refractivity contribution in [2.75, 3.05) is 7.11 Å². The van der Waals surface area contributed by atoms with Crippen molar-refractivity contribution in [2.24, 2.45) is 5.92 Å². The Bertz CT molecular complexity index is 370. The highest BCUT2D eigenvalue weighted by Gasteiger charge is 2.37. The molecule has 0 aliphatic heterocycles. The van der Waals surface area contributed by atoms with Crippen LogP contribution in [0.1, 0.15) is 12.8 Å². The summed E-state index contributed by atoms with van der Waals surface area (Å²) in [6.07, 6.45) is 2.20. The van der Waals surface area contributed by atoms with E-state index in [-0.39, 0.29) is 17.0 Å². The molecule has 0 saturated heterocycles. The first-order chi connectivity index (χ1) is 7.70. The van der Waals surface area contributed by atoms with Gasteiger partial charge in [0, 0.05) is 4.90 Å². The second-order valence-electron chi connectivity index (χ2n) is 3.89. The van der Waals surface area contributed by atoms with Crippen LogP contribution in [0.25, 0.3) is 0 Å². The van der Waals surface area contributed by atoms with Gasteiger partial charge in [-0.05, 0) is 43.0 Å². The number of rotatable bonds is 4. The Balaban J connectivity index is 2.05. The average Bonchev–Trinajstić information content (AvgIpc) is 3.11. The number of phenols is 1. The summed E-state index contributed by atoms with van der Waals surface area (Å²) in [4.78, 5) is 12.6. The predicted molar refractivity (Wildman–Crippen MR) is 62.5 cm³/mol. The zero-order chi connectivity index (χ0) is 11.5. The average molecular weight is 238 g/mol. The summed E-state index contributed by atoms with van der Waals surface area (Å²) in [5, 5.41) is 9.06. The summed E-state index contributed by atoms with van der Waals surface area (Å²) in [5.41, 5.74) is 0. The Morgan fingerprint density at radius 1 is 1.44 bits per heavy atom. The largest absolute Gasteiger partial charge is 0.508 e. The second kappa shape index (κ2) is 4.78. The molecule has 16 heavy (non-hydrogen) atoms. The molecule has 1 saturated carbocycles. The van der Waals surface area contributed by atoms with Crippen molar-refractivity contribution in [1.29, 1.82) is 0 Å². The van der Waals surface area contributed by atoms with Gasteiger partial charge < -0.3 is 9.84 Å². The van der Waals surface area contributed by atoms with Crippen LogP contribution in [-0.4, -0.2) is 23.4 Å². The fourth-order valence-electron chi connectivity index (χ4n) is 1.52. The van der Waals surface area contributed by atoms with Gasteiger partial charge in [0.1, 0.15) is 11.0 Å². The Hall–Kier alpha value is -1.16. The van der Waals surface area contributed by atoms with Crippen LogP contribution in [0.3, 0.4) is 0 Å². The highest BCUT2D eigenvalue weighted by atomic mass is 32.2. The van der Waals surface area contributed by atoms with Crippen LogP contribution in [0.4, 0.5) is 0 Å². The molecular weight excluding hydrogens is 224 g/mol. The monoisotopic (exact) mass is 238 g/mol. The van der Waals surface area contributed by atoms with Crippen LogP contribution in [0.5, 0.6) is 5.75 Å². The summed E-state index contributed by atoms with van der Waals surface area (Å²) in [6.45, 7) is 0. The number of phenolic OH excluding ortho intramolecular Hbond substituents is 1. The number of ether oxygens (including phenoxy) is 1. The molecule has 0 aromatic heterocycles. The molecule has 1 unspecified atom stereocenters. The van der Waals surface area contributed by atoms with Gasteiger partial charge in [-0.15, -0.1) is 11.8 Å². The predicted octanol–water partition coefficient (Wildman–Crippen LogP) is 2.44. The molecule has 1 aromatic rings. The number of hydrogen-bond acceptors (Lipinski definition) is 4. The number of benzene rings is 1. The van der Waals surface area contributed by atoms with E-state index in [9.17, 15) is 4.79 Å². The van der Waals surface area contributed by atoms with Gasteiger partial charge in [0.05, 0.1) is 7.11 Å². The van der Waals surface area contributed by atoms with E-state index in [0.717, 1.165) is 17.7 Å². The number of thioether (sulfide) groups is 1. The second-order valence-corrected chi connectivity index (χ2v) is 5.11. The summed E-state index contributed by atoms with van der Waals surface area (Å²) in [6, 6.07) is 6.89. The lowest BCUT2D eigenvalue weighted by Crippen LogP contribution is -2.20. The van der Waals surface area contributed by atoms with Gasteiger partial charge in [0.25, 0.3) is 0 Å². The highest BCUT2D eigenvalue weighted by Crippen LogP contribution is 2.42. The molecule has 1 fully saturated rings. The maximum Gasteiger partial charge on any atom is 0.319 e. The van der Waals surface area contributed by atoms with Crippen molar-refractivity contribution in [3.63, 3.8) is 0 Å². The van der Waals surface area contributed by atoms with Gasteiger partial charge in [-0.25, -0.2) is 0 Å². The van der Waals surface area contributed by atoms with Crippen LogP contribution >= 0.6 is 11.8 Å². The topological polar surface area (TPSA) is 46.5 Å². The molecule has 1 N–H and O–H groups in total. The SMILES string of the molecule is COC(=O)C(Sc1ccc(O)cc1)C1CC1. The number of esters is 1. The van der Waals surface area contributed by atoms with Crippen LogP contribution in [0.15, 0.2) is 29.2 Å². The molecule has 1 aromatic carbocycles. The number of carbonyl (C=O) groups is 1. The molecule has 0 amide bonds. The molecule has 86 valence electrons. The molecule has 0 bridgehead atoms. The maximum absolute atomic E-state index is 11.6. The summed E-state index contributed by atoms with van der Waals surface area (Å²) in [5.74, 6) is 0.539. The fraction of sp³-hybridized carbons (Fsp3) is 0.417. The van der Waals surface area contributed by atoms with Gasteiger partial charge in [-0.3, -0.25) is 4.79 Å². The molecule has 0 radical (unpaired) electrons. The molecule has 1 atom stereocenters. The minimum Gasteiger partial charge on any atom is -0.508 e. The number of methoxy groups -OCH3 is 1. The maximum atomic E-state index is 11.6. The van der Waals surface area contributed by atoms with E-state index in [0.29, 0.717) is 5.92 Å². The normalized spacial score (nSPS) is 16.8. The Morgan fingerprint density at radius 2 is 2.06 bits per heavy atom. The minimum absolute atomic E-state index is 0.102. The third kappa shape index (κ3) is 2.70. The summed E-state index contributed by atoms with van der Waals surface area (Å²) in [7, 11) is 1.43. The van der Waals surface area contributed by atoms with Gasteiger partial charge in [-0.1, -0.05) is 0 Å².